The van der Waals surface area contributed by atoms with Crippen molar-refractivity contribution in [1.29, 1.82) is 0 Å². The van der Waals surface area contributed by atoms with E-state index in [9.17, 15) is 9.00 Å². The first-order chi connectivity index (χ1) is 9.08. The third kappa shape index (κ3) is 5.03. The average molecular weight is 283 g/mol. The second-order valence-electron chi connectivity index (χ2n) is 4.31. The van der Waals surface area contributed by atoms with Crippen LogP contribution in [0, 0.1) is 0 Å². The zero-order valence-electron chi connectivity index (χ0n) is 11.6. The Labute approximate surface area is 117 Å². The van der Waals surface area contributed by atoms with Gasteiger partial charge in [0.2, 0.25) is 5.91 Å². The van der Waals surface area contributed by atoms with Crippen molar-refractivity contribution in [3.8, 4) is 5.75 Å². The summed E-state index contributed by atoms with van der Waals surface area (Å²) in [5, 5.41) is 2.26. The van der Waals surface area contributed by atoms with Gasteiger partial charge in [0, 0.05) is 23.1 Å². The molecular formula is C14H21NO3S. The van der Waals surface area contributed by atoms with Crippen LogP contribution in [0.5, 0.6) is 5.75 Å². The Morgan fingerprint density at radius 1 is 1.47 bits per heavy atom. The van der Waals surface area contributed by atoms with Crippen molar-refractivity contribution in [3.63, 3.8) is 0 Å². The molecular weight excluding hydrogens is 262 g/mol. The second-order valence-corrected chi connectivity index (χ2v) is 6.07. The smallest absolute Gasteiger partial charge is 0.235 e. The van der Waals surface area contributed by atoms with Gasteiger partial charge in [-0.2, -0.15) is 0 Å². The summed E-state index contributed by atoms with van der Waals surface area (Å²) in [5.41, 5.74) is 0.910. The summed E-state index contributed by atoms with van der Waals surface area (Å²) in [7, 11) is 0.367. The molecule has 0 saturated heterocycles. The highest BCUT2D eigenvalue weighted by Crippen LogP contribution is 2.15. The van der Waals surface area contributed by atoms with Gasteiger partial charge < -0.3 is 10.1 Å². The predicted molar refractivity (Wildman–Crippen MR) is 77.6 cm³/mol. The molecule has 0 aliphatic carbocycles. The van der Waals surface area contributed by atoms with Crippen LogP contribution in [0.2, 0.25) is 0 Å². The topological polar surface area (TPSA) is 55.4 Å². The summed E-state index contributed by atoms with van der Waals surface area (Å²) < 4.78 is 17.2. The van der Waals surface area contributed by atoms with Gasteiger partial charge in [0.1, 0.15) is 11.0 Å². The van der Waals surface area contributed by atoms with Crippen molar-refractivity contribution in [2.45, 2.75) is 31.3 Å². The fraction of sp³-hybridized carbons (Fsp3) is 0.500. The number of rotatable bonds is 7. The van der Waals surface area contributed by atoms with Crippen LogP contribution >= 0.6 is 0 Å². The Morgan fingerprint density at radius 3 is 2.84 bits per heavy atom. The number of carbonyl (C=O) groups excluding carboxylic acids is 1. The Bertz CT molecular complexity index is 448. The van der Waals surface area contributed by atoms with Crippen LogP contribution in [-0.2, 0) is 21.3 Å². The summed E-state index contributed by atoms with van der Waals surface area (Å²) >= 11 is 0. The van der Waals surface area contributed by atoms with E-state index >= 15 is 0 Å². The maximum absolute atomic E-state index is 12.1. The third-order valence-electron chi connectivity index (χ3n) is 2.76. The molecule has 4 nitrogen and oxygen atoms in total. The second kappa shape index (κ2) is 7.94. The van der Waals surface area contributed by atoms with Crippen molar-refractivity contribution in [2.24, 2.45) is 0 Å². The summed E-state index contributed by atoms with van der Waals surface area (Å²) in [6.07, 6.45) is 0.876. The van der Waals surface area contributed by atoms with Gasteiger partial charge in [-0.3, -0.25) is 9.00 Å². The highest BCUT2D eigenvalue weighted by Gasteiger charge is 2.19. The fourth-order valence-corrected chi connectivity index (χ4v) is 2.64. The lowest BCUT2D eigenvalue weighted by molar-refractivity contribution is -0.120. The maximum Gasteiger partial charge on any atom is 0.235 e. The lowest BCUT2D eigenvalue weighted by Gasteiger charge is -2.12. The molecule has 0 unspecified atom stereocenters. The summed E-state index contributed by atoms with van der Waals surface area (Å²) in [6.45, 7) is 4.30. The van der Waals surface area contributed by atoms with E-state index < -0.39 is 16.0 Å². The van der Waals surface area contributed by atoms with Gasteiger partial charge in [-0.05, 0) is 31.0 Å². The van der Waals surface area contributed by atoms with Crippen molar-refractivity contribution in [2.75, 3.05) is 13.7 Å². The number of ether oxygens (including phenoxy) is 1. The molecule has 106 valence electrons. The largest absolute Gasteiger partial charge is 0.497 e. The summed E-state index contributed by atoms with van der Waals surface area (Å²) in [6, 6.07) is 7.42. The van der Waals surface area contributed by atoms with Crippen LogP contribution in [0.15, 0.2) is 24.3 Å². The van der Waals surface area contributed by atoms with E-state index in [4.69, 9.17) is 4.74 Å². The molecule has 0 aliphatic heterocycles. The Balaban J connectivity index is 2.60. The summed E-state index contributed by atoms with van der Waals surface area (Å²) in [4.78, 5) is 11.7. The zero-order valence-corrected chi connectivity index (χ0v) is 12.5. The van der Waals surface area contributed by atoms with Gasteiger partial charge in [-0.15, -0.1) is 0 Å². The van der Waals surface area contributed by atoms with Crippen LogP contribution in [0.3, 0.4) is 0 Å². The van der Waals surface area contributed by atoms with Gasteiger partial charge in [-0.1, -0.05) is 19.1 Å². The molecule has 0 radical (unpaired) electrons. The normalized spacial score (nSPS) is 13.6. The molecule has 0 heterocycles. The number of amides is 1. The van der Waals surface area contributed by atoms with Gasteiger partial charge in [-0.25, -0.2) is 0 Å². The van der Waals surface area contributed by atoms with Crippen molar-refractivity contribution >= 4 is 16.7 Å². The number of hydrogen-bond donors (Lipinski definition) is 1. The molecule has 1 N–H and O–H groups in total. The third-order valence-corrected chi connectivity index (χ3v) is 4.38. The first kappa shape index (κ1) is 15.7. The molecule has 1 aromatic rings. The number of carbonyl (C=O) groups is 1. The molecule has 0 aromatic heterocycles. The Morgan fingerprint density at radius 2 is 2.21 bits per heavy atom. The highest BCUT2D eigenvalue weighted by molar-refractivity contribution is 7.85. The van der Waals surface area contributed by atoms with Gasteiger partial charge in [0.15, 0.2) is 0 Å². The molecule has 1 amide bonds. The molecule has 0 aliphatic rings. The molecule has 0 spiro atoms. The van der Waals surface area contributed by atoms with Gasteiger partial charge in [0.25, 0.3) is 0 Å². The quantitative estimate of drug-likeness (QED) is 0.831. The maximum atomic E-state index is 12.1. The summed E-state index contributed by atoms with van der Waals surface area (Å²) in [5.74, 6) is 0.943. The van der Waals surface area contributed by atoms with Crippen molar-refractivity contribution in [3.05, 3.63) is 29.8 Å². The standard InChI is InChI=1S/C14H21NO3S/c1-4-8-15-14(16)11(2)19(17)10-12-6-5-7-13(9-12)18-3/h5-7,9,11H,4,8,10H2,1-3H3,(H,15,16)/t11-,19+/m0/s1. The number of nitrogens with one attached hydrogen (secondary N) is 1. The molecule has 1 aromatic carbocycles. The minimum absolute atomic E-state index is 0.150. The number of hydrogen-bond acceptors (Lipinski definition) is 3. The Kier molecular flexibility index (Phi) is 6.56. The van der Waals surface area contributed by atoms with Crippen molar-refractivity contribution < 1.29 is 13.7 Å². The minimum atomic E-state index is -1.23. The van der Waals surface area contributed by atoms with Gasteiger partial charge in [0.05, 0.1) is 7.11 Å². The minimum Gasteiger partial charge on any atom is -0.497 e. The van der Waals surface area contributed by atoms with Crippen LogP contribution in [-0.4, -0.2) is 29.0 Å². The molecule has 0 saturated carbocycles. The molecule has 2 atom stereocenters. The van der Waals surface area contributed by atoms with Crippen LogP contribution in [0.4, 0.5) is 0 Å². The molecule has 0 fully saturated rings. The SMILES string of the molecule is CCCNC(=O)[C@H](C)[S@](=O)Cc1cccc(OC)c1. The van der Waals surface area contributed by atoms with E-state index in [1.165, 1.54) is 0 Å². The van der Waals surface area contributed by atoms with E-state index in [1.807, 2.05) is 31.2 Å². The van der Waals surface area contributed by atoms with Crippen LogP contribution < -0.4 is 10.1 Å². The van der Waals surface area contributed by atoms with Crippen LogP contribution in [0.25, 0.3) is 0 Å². The number of methoxy groups -OCH3 is 1. The first-order valence-corrected chi connectivity index (χ1v) is 7.74. The average Bonchev–Trinajstić information content (AvgIpc) is 2.43. The molecule has 1 rings (SSSR count). The first-order valence-electron chi connectivity index (χ1n) is 6.36. The molecule has 19 heavy (non-hydrogen) atoms. The van der Waals surface area contributed by atoms with E-state index in [2.05, 4.69) is 5.32 Å². The van der Waals surface area contributed by atoms with E-state index in [0.29, 0.717) is 12.3 Å². The molecule has 5 heteroatoms. The Hall–Kier alpha value is -1.36. The van der Waals surface area contributed by atoms with Crippen molar-refractivity contribution in [1.82, 2.24) is 5.32 Å². The molecule has 0 bridgehead atoms. The highest BCUT2D eigenvalue weighted by atomic mass is 32.2. The van der Waals surface area contributed by atoms with E-state index in [1.54, 1.807) is 14.0 Å². The lowest BCUT2D eigenvalue weighted by atomic mass is 10.2. The van der Waals surface area contributed by atoms with E-state index in [-0.39, 0.29) is 5.91 Å². The van der Waals surface area contributed by atoms with E-state index in [0.717, 1.165) is 17.7 Å². The van der Waals surface area contributed by atoms with Gasteiger partial charge >= 0.3 is 0 Å². The lowest BCUT2D eigenvalue weighted by Crippen LogP contribution is -2.36. The monoisotopic (exact) mass is 283 g/mol. The predicted octanol–water partition coefficient (Wildman–Crippen LogP) is 1.86. The fourth-order valence-electron chi connectivity index (χ4n) is 1.56. The van der Waals surface area contributed by atoms with Crippen LogP contribution in [0.1, 0.15) is 25.8 Å². The number of benzene rings is 1. The zero-order chi connectivity index (χ0) is 14.3.